The number of aromatic amines is 4. The number of nitrogens with zero attached hydrogens (tertiary/aromatic N) is 12. The number of hydrogen-bond acceptors (Lipinski definition) is 14. The number of rotatable bonds is 10. The molecule has 18 heteroatoms. The molecule has 0 radical (unpaired) electrons. The normalized spacial score (nSPS) is 16.4. The molecule has 1 atom stereocenters. The highest BCUT2D eigenvalue weighted by atomic mass is 15.3. The average molecular weight is 891 g/mol. The van der Waals surface area contributed by atoms with Gasteiger partial charge in [-0.3, -0.25) is 30.0 Å². The van der Waals surface area contributed by atoms with Gasteiger partial charge < -0.3 is 35.7 Å². The van der Waals surface area contributed by atoms with Crippen molar-refractivity contribution in [1.82, 2.24) is 75.4 Å². The molecule has 2 aliphatic rings. The van der Waals surface area contributed by atoms with Crippen LogP contribution in [0, 0.1) is 0 Å². The molecular formula is C49H50N18. The Balaban J connectivity index is 0.906. The van der Waals surface area contributed by atoms with Crippen LogP contribution in [0.5, 0.6) is 0 Å². The van der Waals surface area contributed by atoms with Gasteiger partial charge in [-0.15, -0.1) is 0 Å². The van der Waals surface area contributed by atoms with Gasteiger partial charge in [0.25, 0.3) is 0 Å². The Labute approximate surface area is 385 Å². The quantitative estimate of drug-likeness (QED) is 0.0879. The molecule has 2 fully saturated rings. The second kappa shape index (κ2) is 16.6. The summed E-state index contributed by atoms with van der Waals surface area (Å²) in [5.74, 6) is 1.88. The van der Waals surface area contributed by atoms with Crippen molar-refractivity contribution in [1.29, 1.82) is 0 Å². The van der Waals surface area contributed by atoms with Gasteiger partial charge in [0.1, 0.15) is 22.8 Å². The summed E-state index contributed by atoms with van der Waals surface area (Å²) in [4.78, 5) is 45.8. The van der Waals surface area contributed by atoms with Crippen LogP contribution in [-0.2, 0) is 6.54 Å². The zero-order valence-electron chi connectivity index (χ0n) is 37.5. The van der Waals surface area contributed by atoms with E-state index in [1.165, 1.54) is 0 Å². The van der Waals surface area contributed by atoms with Gasteiger partial charge in [-0.05, 0) is 74.7 Å². The minimum atomic E-state index is -0.139. The molecule has 67 heavy (non-hydrogen) atoms. The van der Waals surface area contributed by atoms with Crippen LogP contribution in [0.4, 0.5) is 17.3 Å². The van der Waals surface area contributed by atoms with Crippen LogP contribution in [0.2, 0.25) is 0 Å². The van der Waals surface area contributed by atoms with Crippen molar-refractivity contribution in [2.75, 3.05) is 82.0 Å². The van der Waals surface area contributed by atoms with Gasteiger partial charge in [-0.1, -0.05) is 6.92 Å². The van der Waals surface area contributed by atoms with E-state index >= 15 is 0 Å². The van der Waals surface area contributed by atoms with Crippen LogP contribution < -0.4 is 20.9 Å². The Morgan fingerprint density at radius 3 is 2.18 bits per heavy atom. The summed E-state index contributed by atoms with van der Waals surface area (Å²) in [6, 6.07) is 16.5. The molecule has 12 heterocycles. The maximum absolute atomic E-state index is 6.31. The number of H-pyrrole nitrogens is 4. The first-order valence-electron chi connectivity index (χ1n) is 22.8. The predicted molar refractivity (Wildman–Crippen MR) is 264 cm³/mol. The largest absolute Gasteiger partial charge is 0.397 e. The Morgan fingerprint density at radius 2 is 1.39 bits per heavy atom. The van der Waals surface area contributed by atoms with Gasteiger partial charge in [0.05, 0.1) is 68.6 Å². The maximum atomic E-state index is 6.31. The number of aromatic nitrogens is 12. The monoisotopic (exact) mass is 890 g/mol. The van der Waals surface area contributed by atoms with Gasteiger partial charge in [0.15, 0.2) is 0 Å². The molecule has 0 bridgehead atoms. The number of anilines is 3. The number of fused-ring (bicyclic) bond motifs is 4. The number of nitrogens with one attached hydrogen (secondary N) is 5. The zero-order chi connectivity index (χ0) is 45.2. The SMILES string of the molecule is CCNCc1cncc(-c2cc3c(-c4cc5c(N6CCN(C)C(c7nc(-c8cncc(N)c8)cc8c(-c9cc%10c(N%11CCN(C)CC%11)nccc%10[nH]9)[nH]nc78)C6)nccc5[nH]4)n[nH]c3cn2)c1. The smallest absolute Gasteiger partial charge is 0.138 e. The molecule has 7 N–H and O–H groups in total. The van der Waals surface area contributed by atoms with Crippen LogP contribution >= 0.6 is 0 Å². The van der Waals surface area contributed by atoms with Crippen molar-refractivity contribution < 1.29 is 0 Å². The lowest BCUT2D eigenvalue weighted by atomic mass is 10.0. The van der Waals surface area contributed by atoms with Gasteiger partial charge in [-0.2, -0.15) is 10.2 Å². The summed E-state index contributed by atoms with van der Waals surface area (Å²) < 4.78 is 0. The third kappa shape index (κ3) is 7.34. The summed E-state index contributed by atoms with van der Waals surface area (Å²) in [6.45, 7) is 9.75. The Hall–Kier alpha value is -7.80. The van der Waals surface area contributed by atoms with Crippen molar-refractivity contribution in [3.63, 3.8) is 0 Å². The number of likely N-dealkylation sites (N-methyl/N-ethyl adjacent to an activating group) is 2. The lowest BCUT2D eigenvalue weighted by Gasteiger charge is -2.40. The number of nitrogens with two attached hydrogens (primary N) is 1. The molecule has 0 aliphatic carbocycles. The van der Waals surface area contributed by atoms with Crippen molar-refractivity contribution in [2.24, 2.45) is 0 Å². The van der Waals surface area contributed by atoms with E-state index < -0.39 is 0 Å². The van der Waals surface area contributed by atoms with Crippen molar-refractivity contribution in [3.8, 4) is 45.3 Å². The third-order valence-electron chi connectivity index (χ3n) is 13.4. The predicted octanol–water partition coefficient (Wildman–Crippen LogP) is 6.38. The Kier molecular flexibility index (Phi) is 10.1. The van der Waals surface area contributed by atoms with Crippen LogP contribution in [0.25, 0.3) is 88.9 Å². The van der Waals surface area contributed by atoms with Crippen LogP contribution in [0.3, 0.4) is 0 Å². The van der Waals surface area contributed by atoms with E-state index in [1.54, 1.807) is 6.20 Å². The molecule has 336 valence electrons. The molecule has 10 aromatic rings. The average Bonchev–Trinajstić information content (AvgIpc) is 4.18. The van der Waals surface area contributed by atoms with Crippen LogP contribution in [0.15, 0.2) is 91.9 Å². The van der Waals surface area contributed by atoms with Gasteiger partial charge in [-0.25, -0.2) is 15.0 Å². The van der Waals surface area contributed by atoms with Gasteiger partial charge in [0, 0.05) is 122 Å². The van der Waals surface area contributed by atoms with E-state index in [9.17, 15) is 0 Å². The second-order valence-corrected chi connectivity index (χ2v) is 17.7. The Bertz CT molecular complexity index is 3450. The first-order chi connectivity index (χ1) is 32.8. The number of pyridine rings is 6. The molecule has 0 amide bonds. The molecule has 0 saturated carbocycles. The second-order valence-electron chi connectivity index (χ2n) is 17.7. The highest BCUT2D eigenvalue weighted by molar-refractivity contribution is 6.02. The summed E-state index contributed by atoms with van der Waals surface area (Å²) in [6.07, 6.45) is 12.8. The fourth-order valence-corrected chi connectivity index (χ4v) is 9.72. The fraction of sp³-hybridized carbons (Fsp3) is 0.265. The maximum Gasteiger partial charge on any atom is 0.138 e. The molecule has 18 nitrogen and oxygen atoms in total. The van der Waals surface area contributed by atoms with Gasteiger partial charge >= 0.3 is 0 Å². The van der Waals surface area contributed by atoms with E-state index in [0.717, 1.165) is 164 Å². The molecular weight excluding hydrogens is 841 g/mol. The third-order valence-corrected chi connectivity index (χ3v) is 13.4. The van der Waals surface area contributed by atoms with Crippen LogP contribution in [0.1, 0.15) is 24.2 Å². The molecule has 0 aromatic carbocycles. The number of hydrogen-bond donors (Lipinski definition) is 6. The zero-order valence-corrected chi connectivity index (χ0v) is 37.5. The molecule has 12 rings (SSSR count). The molecule has 2 aliphatic heterocycles. The number of nitrogen functional groups attached to an aromatic ring is 1. The van der Waals surface area contributed by atoms with E-state index in [1.807, 2.05) is 55.4 Å². The first kappa shape index (κ1) is 40.7. The van der Waals surface area contributed by atoms with E-state index in [0.29, 0.717) is 12.2 Å². The lowest BCUT2D eigenvalue weighted by Crippen LogP contribution is -2.47. The minimum absolute atomic E-state index is 0.139. The highest BCUT2D eigenvalue weighted by Crippen LogP contribution is 2.40. The first-order valence-corrected chi connectivity index (χ1v) is 22.8. The summed E-state index contributed by atoms with van der Waals surface area (Å²) in [5.41, 5.74) is 19.4. The van der Waals surface area contributed by atoms with Crippen molar-refractivity contribution >= 4 is 60.9 Å². The topological polar surface area (TPSA) is 217 Å². The summed E-state index contributed by atoms with van der Waals surface area (Å²) in [5, 5.41) is 23.8. The summed E-state index contributed by atoms with van der Waals surface area (Å²) >= 11 is 0. The lowest BCUT2D eigenvalue weighted by molar-refractivity contribution is 0.218. The highest BCUT2D eigenvalue weighted by Gasteiger charge is 2.32. The van der Waals surface area contributed by atoms with Crippen LogP contribution in [-0.4, -0.2) is 137 Å². The van der Waals surface area contributed by atoms with E-state index in [-0.39, 0.29) is 6.04 Å². The summed E-state index contributed by atoms with van der Waals surface area (Å²) in [7, 11) is 4.33. The van der Waals surface area contributed by atoms with E-state index in [4.69, 9.17) is 35.9 Å². The Morgan fingerprint density at radius 1 is 0.672 bits per heavy atom. The molecule has 2 saturated heterocycles. The molecule has 0 spiro atoms. The van der Waals surface area contributed by atoms with Crippen molar-refractivity contribution in [3.05, 3.63) is 103 Å². The van der Waals surface area contributed by atoms with Gasteiger partial charge in [0.2, 0.25) is 0 Å². The standard InChI is InChI=1S/C49H50N18/c1-4-51-21-28-15-29(23-52-22-28)38-17-32-42(26-56-38)60-61-44(32)40-19-34-37(57-40)6-8-55-49(34)67-14-11-65(3)43(27-67)47-46-35(20-39(59-47)30-16-31(50)25-53-24-30)45(62-63-46)41-18-33-36(58-41)5-7-54-48(33)66-12-9-64(2)10-13-66/h5-8,15-20,22-26,43,51,57-58H,4,9-14,21,27,50H2,1-3H3,(H,60,61)(H,62,63). The molecule has 10 aromatic heterocycles. The van der Waals surface area contributed by atoms with Crippen molar-refractivity contribution in [2.45, 2.75) is 19.5 Å². The molecule has 1 unspecified atom stereocenters. The fourth-order valence-electron chi connectivity index (χ4n) is 9.72. The minimum Gasteiger partial charge on any atom is -0.397 e. The number of piperazine rings is 2. The van der Waals surface area contributed by atoms with E-state index in [2.05, 4.69) is 106 Å².